The lowest BCUT2D eigenvalue weighted by atomic mass is 9.69. The van der Waals surface area contributed by atoms with E-state index in [0.717, 1.165) is 0 Å². The van der Waals surface area contributed by atoms with Gasteiger partial charge in [0.1, 0.15) is 23.4 Å². The van der Waals surface area contributed by atoms with E-state index in [1.807, 2.05) is 0 Å². The van der Waals surface area contributed by atoms with Gasteiger partial charge in [0.25, 0.3) is 0 Å². The highest BCUT2D eigenvalue weighted by atomic mass is 16.7. The number of aliphatic hydroxyl groups is 5. The van der Waals surface area contributed by atoms with Gasteiger partial charge in [-0.3, -0.25) is 15.3 Å². The monoisotopic (exact) mass is 391 g/mol. The van der Waals surface area contributed by atoms with Gasteiger partial charge in [0, 0.05) is 0 Å². The fourth-order valence-electron chi connectivity index (χ4n) is 3.62. The van der Waals surface area contributed by atoms with Crippen molar-refractivity contribution in [2.24, 2.45) is 11.7 Å². The van der Waals surface area contributed by atoms with E-state index in [1.165, 1.54) is 0 Å². The summed E-state index contributed by atoms with van der Waals surface area (Å²) in [6.45, 7) is -1.23. The van der Waals surface area contributed by atoms with Crippen LogP contribution in [0.2, 0.25) is 0 Å². The summed E-state index contributed by atoms with van der Waals surface area (Å²) in [5, 5.41) is 68.2. The highest BCUT2D eigenvalue weighted by Crippen LogP contribution is 2.42. The number of carbonyl (C=O) groups is 3. The van der Waals surface area contributed by atoms with E-state index >= 15 is 0 Å². The number of aliphatic carboxylic acids is 2. The van der Waals surface area contributed by atoms with Gasteiger partial charge in [0.15, 0.2) is 17.8 Å². The molecule has 0 aromatic rings. The van der Waals surface area contributed by atoms with Crippen LogP contribution in [0.5, 0.6) is 0 Å². The van der Waals surface area contributed by atoms with E-state index in [-0.39, 0.29) is 18.4 Å². The number of carbonyl (C=O) groups excluding carboxylic acids is 1. The van der Waals surface area contributed by atoms with E-state index in [0.29, 0.717) is 0 Å². The SMILES string of the molecule is N[C@]1(O)[C@H](O)C(O)O[C@@H]1[C@](O)(CO)C1CCC(CC(=O)O)=C(C(=O)O)C1=O. The van der Waals surface area contributed by atoms with E-state index < -0.39 is 72.1 Å². The second-order valence-corrected chi connectivity index (χ2v) is 6.70. The van der Waals surface area contributed by atoms with Crippen LogP contribution < -0.4 is 5.73 Å². The van der Waals surface area contributed by atoms with Gasteiger partial charge in [-0.15, -0.1) is 0 Å². The zero-order valence-corrected chi connectivity index (χ0v) is 14.0. The number of hydrogen-bond acceptors (Lipinski definition) is 10. The van der Waals surface area contributed by atoms with Gasteiger partial charge in [-0.05, 0) is 18.4 Å². The number of nitrogens with two attached hydrogens (primary N) is 1. The third kappa shape index (κ3) is 3.48. The van der Waals surface area contributed by atoms with Gasteiger partial charge >= 0.3 is 11.9 Å². The molecular formula is C15H21NO11. The van der Waals surface area contributed by atoms with Crippen LogP contribution in [0.25, 0.3) is 0 Å². The van der Waals surface area contributed by atoms with Crippen LogP contribution in [0.3, 0.4) is 0 Å². The second-order valence-electron chi connectivity index (χ2n) is 6.70. The average molecular weight is 391 g/mol. The fourth-order valence-corrected chi connectivity index (χ4v) is 3.62. The summed E-state index contributed by atoms with van der Waals surface area (Å²) < 4.78 is 4.84. The summed E-state index contributed by atoms with van der Waals surface area (Å²) in [7, 11) is 0. The van der Waals surface area contributed by atoms with E-state index in [4.69, 9.17) is 15.6 Å². The van der Waals surface area contributed by atoms with Crippen LogP contribution in [0.15, 0.2) is 11.1 Å². The van der Waals surface area contributed by atoms with E-state index in [2.05, 4.69) is 0 Å². The summed E-state index contributed by atoms with van der Waals surface area (Å²) >= 11 is 0. The third-order valence-corrected chi connectivity index (χ3v) is 4.98. The number of Topliss-reactive ketones (excluding diaryl/α,β-unsaturated/α-hetero) is 1. The molecule has 12 nitrogen and oxygen atoms in total. The van der Waals surface area contributed by atoms with Crippen molar-refractivity contribution in [3.05, 3.63) is 11.1 Å². The molecule has 1 aliphatic heterocycles. The van der Waals surface area contributed by atoms with Crippen LogP contribution in [-0.2, 0) is 19.1 Å². The normalized spacial score (nSPS) is 36.6. The number of ketones is 1. The highest BCUT2D eigenvalue weighted by molar-refractivity contribution is 6.19. The molecule has 2 unspecified atom stereocenters. The molecule has 0 bridgehead atoms. The van der Waals surface area contributed by atoms with Gasteiger partial charge in [0.2, 0.25) is 0 Å². The molecule has 0 radical (unpaired) electrons. The Bertz CT molecular complexity index is 687. The lowest BCUT2D eigenvalue weighted by Crippen LogP contribution is -2.68. The molecule has 1 saturated heterocycles. The molecule has 9 N–H and O–H groups in total. The second kappa shape index (κ2) is 7.24. The molecule has 0 aromatic carbocycles. The van der Waals surface area contributed by atoms with Gasteiger partial charge < -0.3 is 40.5 Å². The third-order valence-electron chi connectivity index (χ3n) is 4.98. The maximum absolute atomic E-state index is 12.7. The number of ether oxygens (including phenoxy) is 1. The van der Waals surface area contributed by atoms with Crippen LogP contribution in [-0.4, -0.2) is 89.9 Å². The molecule has 152 valence electrons. The zero-order valence-electron chi connectivity index (χ0n) is 14.0. The average Bonchev–Trinajstić information content (AvgIpc) is 2.77. The van der Waals surface area contributed by atoms with Crippen molar-refractivity contribution >= 4 is 17.7 Å². The van der Waals surface area contributed by atoms with Crippen LogP contribution >= 0.6 is 0 Å². The molecule has 0 saturated carbocycles. The molecule has 1 aliphatic carbocycles. The largest absolute Gasteiger partial charge is 0.481 e. The predicted octanol–water partition coefficient (Wildman–Crippen LogP) is -3.73. The van der Waals surface area contributed by atoms with E-state index in [9.17, 15) is 45.0 Å². The van der Waals surface area contributed by atoms with Gasteiger partial charge in [-0.25, -0.2) is 4.79 Å². The van der Waals surface area contributed by atoms with Crippen LogP contribution in [0, 0.1) is 5.92 Å². The molecule has 12 heteroatoms. The first kappa shape index (κ1) is 21.4. The fraction of sp³-hybridized carbons (Fsp3) is 0.667. The Morgan fingerprint density at radius 1 is 1.30 bits per heavy atom. The molecule has 2 rings (SSSR count). The van der Waals surface area contributed by atoms with Crippen molar-refractivity contribution in [3.8, 4) is 0 Å². The smallest absolute Gasteiger partial charge is 0.339 e. The Labute approximate surface area is 152 Å². The lowest BCUT2D eigenvalue weighted by Gasteiger charge is -2.43. The maximum atomic E-state index is 12.7. The van der Waals surface area contributed by atoms with Crippen molar-refractivity contribution in [1.82, 2.24) is 0 Å². The first-order chi connectivity index (χ1) is 12.4. The van der Waals surface area contributed by atoms with Gasteiger partial charge in [-0.1, -0.05) is 0 Å². The Morgan fingerprint density at radius 3 is 2.30 bits per heavy atom. The van der Waals surface area contributed by atoms with Crippen molar-refractivity contribution in [3.63, 3.8) is 0 Å². The number of rotatable bonds is 6. The minimum absolute atomic E-state index is 0.160. The van der Waals surface area contributed by atoms with Gasteiger partial charge in [0.05, 0.1) is 18.9 Å². The molecule has 0 spiro atoms. The lowest BCUT2D eigenvalue weighted by molar-refractivity contribution is -0.216. The molecule has 2 aliphatic rings. The summed E-state index contributed by atoms with van der Waals surface area (Å²) in [6, 6.07) is 0. The molecule has 1 heterocycles. The molecule has 0 aromatic heterocycles. The highest BCUT2D eigenvalue weighted by Gasteiger charge is 2.64. The Balaban J connectivity index is 2.47. The molecule has 1 fully saturated rings. The maximum Gasteiger partial charge on any atom is 0.339 e. The zero-order chi connectivity index (χ0) is 20.7. The first-order valence-corrected chi connectivity index (χ1v) is 7.95. The predicted molar refractivity (Wildman–Crippen MR) is 82.7 cm³/mol. The quantitative estimate of drug-likeness (QED) is 0.161. The summed E-state index contributed by atoms with van der Waals surface area (Å²) in [5.41, 5.74) is -0.934. The minimum atomic E-state index is -2.76. The van der Waals surface area contributed by atoms with Gasteiger partial charge in [-0.2, -0.15) is 0 Å². The molecule has 6 atom stereocenters. The van der Waals surface area contributed by atoms with Crippen LogP contribution in [0.1, 0.15) is 19.3 Å². The summed E-state index contributed by atoms with van der Waals surface area (Å²) in [5.74, 6) is -5.90. The van der Waals surface area contributed by atoms with E-state index in [1.54, 1.807) is 0 Å². The van der Waals surface area contributed by atoms with Crippen LogP contribution in [0.4, 0.5) is 0 Å². The summed E-state index contributed by atoms with van der Waals surface area (Å²) in [6.07, 6.45) is -7.32. The van der Waals surface area contributed by atoms with Crippen molar-refractivity contribution in [1.29, 1.82) is 0 Å². The molecule has 27 heavy (non-hydrogen) atoms. The Morgan fingerprint density at radius 2 is 1.89 bits per heavy atom. The minimum Gasteiger partial charge on any atom is -0.481 e. The Kier molecular flexibility index (Phi) is 5.73. The topological polar surface area (TPSA) is 228 Å². The summed E-state index contributed by atoms with van der Waals surface area (Å²) in [4.78, 5) is 35.0. The number of aliphatic hydroxyl groups excluding tert-OH is 3. The van der Waals surface area contributed by atoms with Crippen molar-refractivity contribution < 1.29 is 54.9 Å². The molecular weight excluding hydrogens is 370 g/mol. The van der Waals surface area contributed by atoms with Crippen molar-refractivity contribution in [2.75, 3.05) is 6.61 Å². The molecule has 0 amide bonds. The number of carboxylic acid groups (broad SMARTS) is 2. The first-order valence-electron chi connectivity index (χ1n) is 7.95. The van der Waals surface area contributed by atoms with Crippen molar-refractivity contribution in [2.45, 2.75) is 49.1 Å². The Hall–Kier alpha value is -1.93. The number of carboxylic acids is 2. The standard InChI is InChI=1S/C15H21NO11/c16-15(26)10(21)12(24)27-13(15)14(25,4-17)6-2-1-5(3-7(18)19)8(9(6)20)11(22)23/h6,10,12-13,17,21,24-26H,1-4,16H2,(H,18,19)(H,22,23)/t6?,10-,12?,13-,14+,15+/m1/s1. The number of hydrogen-bond donors (Lipinski definition) is 8.